The van der Waals surface area contributed by atoms with Gasteiger partial charge in [-0.1, -0.05) is 25.5 Å². The Morgan fingerprint density at radius 2 is 1.65 bits per heavy atom. The molecule has 3 rings (SSSR count). The first kappa shape index (κ1) is 18.6. The largest absolute Gasteiger partial charge is 0.368 e. The maximum absolute atomic E-state index is 13.1. The molecule has 2 aromatic carbocycles. The fraction of sp³-hybridized carbons (Fsp3) is 0.381. The van der Waals surface area contributed by atoms with E-state index in [1.54, 1.807) is 0 Å². The van der Waals surface area contributed by atoms with Crippen LogP contribution in [0.3, 0.4) is 0 Å². The van der Waals surface area contributed by atoms with Crippen molar-refractivity contribution in [3.63, 3.8) is 0 Å². The molecule has 0 spiro atoms. The summed E-state index contributed by atoms with van der Waals surface area (Å²) in [6.07, 6.45) is 3.57. The molecule has 1 aliphatic rings. The van der Waals surface area contributed by atoms with Gasteiger partial charge in [0.2, 0.25) is 0 Å². The minimum atomic E-state index is -0.196. The topological polar surface area (TPSA) is 18.5 Å². The Balaban J connectivity index is 1.49. The second kappa shape index (κ2) is 8.99. The SMILES string of the molecule is CCCCc1ccc(NC(=S)N2CCN(c3ccc(F)cc3)CC2)cc1. The normalized spacial score (nSPS) is 14.4. The summed E-state index contributed by atoms with van der Waals surface area (Å²) in [5.74, 6) is -0.196. The second-order valence-electron chi connectivity index (χ2n) is 6.68. The number of hydrogen-bond donors (Lipinski definition) is 1. The number of anilines is 2. The Morgan fingerprint density at radius 3 is 2.27 bits per heavy atom. The van der Waals surface area contributed by atoms with Crippen molar-refractivity contribution in [2.75, 3.05) is 36.4 Å². The number of nitrogens with zero attached hydrogens (tertiary/aromatic N) is 2. The van der Waals surface area contributed by atoms with Crippen molar-refractivity contribution < 1.29 is 4.39 Å². The zero-order valence-corrected chi connectivity index (χ0v) is 16.1. The molecule has 5 heteroatoms. The molecule has 0 amide bonds. The van der Waals surface area contributed by atoms with Crippen LogP contribution in [0.4, 0.5) is 15.8 Å². The Kier molecular flexibility index (Phi) is 6.45. The highest BCUT2D eigenvalue weighted by Gasteiger charge is 2.19. The first-order valence-corrected chi connectivity index (χ1v) is 9.72. The van der Waals surface area contributed by atoms with Gasteiger partial charge in [0, 0.05) is 37.6 Å². The highest BCUT2D eigenvalue weighted by atomic mass is 32.1. The summed E-state index contributed by atoms with van der Waals surface area (Å²) in [5, 5.41) is 4.11. The average molecular weight is 372 g/mol. The summed E-state index contributed by atoms with van der Waals surface area (Å²) in [6.45, 7) is 5.69. The van der Waals surface area contributed by atoms with Gasteiger partial charge in [-0.05, 0) is 67.0 Å². The van der Waals surface area contributed by atoms with E-state index in [0.29, 0.717) is 0 Å². The van der Waals surface area contributed by atoms with Crippen LogP contribution in [0.15, 0.2) is 48.5 Å². The third-order valence-corrected chi connectivity index (χ3v) is 5.14. The molecule has 2 aromatic rings. The van der Waals surface area contributed by atoms with Crippen LogP contribution in [0.2, 0.25) is 0 Å². The van der Waals surface area contributed by atoms with Crippen molar-refractivity contribution in [2.24, 2.45) is 0 Å². The highest BCUT2D eigenvalue weighted by molar-refractivity contribution is 7.80. The summed E-state index contributed by atoms with van der Waals surface area (Å²) < 4.78 is 13.1. The Hall–Kier alpha value is -2.14. The van der Waals surface area contributed by atoms with Gasteiger partial charge in [-0.25, -0.2) is 4.39 Å². The van der Waals surface area contributed by atoms with Gasteiger partial charge < -0.3 is 15.1 Å². The molecule has 0 aromatic heterocycles. The molecule has 26 heavy (non-hydrogen) atoms. The third kappa shape index (κ3) is 4.94. The van der Waals surface area contributed by atoms with Crippen LogP contribution in [0.1, 0.15) is 25.3 Å². The van der Waals surface area contributed by atoms with E-state index in [1.807, 2.05) is 12.1 Å². The number of benzene rings is 2. The summed E-state index contributed by atoms with van der Waals surface area (Å²) >= 11 is 5.58. The summed E-state index contributed by atoms with van der Waals surface area (Å²) in [6, 6.07) is 15.2. The molecule has 0 bridgehead atoms. The van der Waals surface area contributed by atoms with Crippen LogP contribution in [0.25, 0.3) is 0 Å². The van der Waals surface area contributed by atoms with Crippen LogP contribution in [0.5, 0.6) is 0 Å². The molecule has 0 atom stereocenters. The standard InChI is InChI=1S/C21H26FN3S/c1-2-3-4-17-5-9-19(10-6-17)23-21(26)25-15-13-24(14-16-25)20-11-7-18(22)8-12-20/h5-12H,2-4,13-16H2,1H3,(H,23,26). The van der Waals surface area contributed by atoms with E-state index in [9.17, 15) is 4.39 Å². The van der Waals surface area contributed by atoms with E-state index >= 15 is 0 Å². The predicted octanol–water partition coefficient (Wildman–Crippen LogP) is 4.69. The van der Waals surface area contributed by atoms with E-state index in [4.69, 9.17) is 12.2 Å². The fourth-order valence-electron chi connectivity index (χ4n) is 3.16. The number of unbranched alkanes of at least 4 members (excludes halogenated alkanes) is 1. The van der Waals surface area contributed by atoms with Gasteiger partial charge in [-0.3, -0.25) is 0 Å². The van der Waals surface area contributed by atoms with Gasteiger partial charge >= 0.3 is 0 Å². The number of nitrogens with one attached hydrogen (secondary N) is 1. The van der Waals surface area contributed by atoms with Crippen LogP contribution in [0, 0.1) is 5.82 Å². The summed E-state index contributed by atoms with van der Waals surface area (Å²) in [5.41, 5.74) is 3.47. The number of aryl methyl sites for hydroxylation is 1. The molecule has 0 radical (unpaired) electrons. The van der Waals surface area contributed by atoms with Gasteiger partial charge in [0.1, 0.15) is 5.82 Å². The summed E-state index contributed by atoms with van der Waals surface area (Å²) in [4.78, 5) is 4.46. The fourth-order valence-corrected chi connectivity index (χ4v) is 3.46. The molecule has 0 unspecified atom stereocenters. The zero-order chi connectivity index (χ0) is 18.4. The lowest BCUT2D eigenvalue weighted by Gasteiger charge is -2.37. The molecule has 0 saturated carbocycles. The molecular weight excluding hydrogens is 345 g/mol. The molecule has 138 valence electrons. The lowest BCUT2D eigenvalue weighted by molar-refractivity contribution is 0.391. The third-order valence-electron chi connectivity index (χ3n) is 4.78. The first-order chi connectivity index (χ1) is 12.7. The van der Waals surface area contributed by atoms with Crippen LogP contribution in [-0.2, 0) is 6.42 Å². The maximum atomic E-state index is 13.1. The molecule has 3 nitrogen and oxygen atoms in total. The van der Waals surface area contributed by atoms with Gasteiger partial charge in [0.15, 0.2) is 5.11 Å². The van der Waals surface area contributed by atoms with E-state index in [2.05, 4.69) is 46.3 Å². The van der Waals surface area contributed by atoms with E-state index in [1.165, 1.54) is 30.5 Å². The van der Waals surface area contributed by atoms with E-state index in [0.717, 1.165) is 49.1 Å². The lowest BCUT2D eigenvalue weighted by Crippen LogP contribution is -2.50. The maximum Gasteiger partial charge on any atom is 0.173 e. The minimum absolute atomic E-state index is 0.196. The van der Waals surface area contributed by atoms with Crippen molar-refractivity contribution in [3.8, 4) is 0 Å². The van der Waals surface area contributed by atoms with Crippen LogP contribution in [-0.4, -0.2) is 36.2 Å². The Labute approximate surface area is 160 Å². The second-order valence-corrected chi connectivity index (χ2v) is 7.07. The van der Waals surface area contributed by atoms with Crippen molar-refractivity contribution >= 4 is 28.7 Å². The summed E-state index contributed by atoms with van der Waals surface area (Å²) in [7, 11) is 0. The molecule has 1 heterocycles. The number of thiocarbonyl (C=S) groups is 1. The quantitative estimate of drug-likeness (QED) is 0.769. The average Bonchev–Trinajstić information content (AvgIpc) is 2.68. The van der Waals surface area contributed by atoms with Gasteiger partial charge in [-0.15, -0.1) is 0 Å². The van der Waals surface area contributed by atoms with Gasteiger partial charge in [-0.2, -0.15) is 0 Å². The first-order valence-electron chi connectivity index (χ1n) is 9.31. The predicted molar refractivity (Wildman–Crippen MR) is 111 cm³/mol. The number of hydrogen-bond acceptors (Lipinski definition) is 2. The molecular formula is C21H26FN3S. The number of rotatable bonds is 5. The molecule has 1 fully saturated rings. The number of piperazine rings is 1. The van der Waals surface area contributed by atoms with Crippen molar-refractivity contribution in [3.05, 3.63) is 59.9 Å². The molecule has 0 aliphatic carbocycles. The molecule has 1 aliphatic heterocycles. The Morgan fingerprint density at radius 1 is 1.00 bits per heavy atom. The minimum Gasteiger partial charge on any atom is -0.368 e. The van der Waals surface area contributed by atoms with Crippen molar-refractivity contribution in [1.29, 1.82) is 0 Å². The zero-order valence-electron chi connectivity index (χ0n) is 15.2. The van der Waals surface area contributed by atoms with Crippen molar-refractivity contribution in [2.45, 2.75) is 26.2 Å². The van der Waals surface area contributed by atoms with Crippen LogP contribution >= 0.6 is 12.2 Å². The van der Waals surface area contributed by atoms with Gasteiger partial charge in [0.25, 0.3) is 0 Å². The smallest absolute Gasteiger partial charge is 0.173 e. The number of halogens is 1. The molecule has 1 saturated heterocycles. The Bertz CT molecular complexity index is 707. The highest BCUT2D eigenvalue weighted by Crippen LogP contribution is 2.18. The lowest BCUT2D eigenvalue weighted by atomic mass is 10.1. The molecule has 1 N–H and O–H groups in total. The van der Waals surface area contributed by atoms with Crippen molar-refractivity contribution in [1.82, 2.24) is 4.90 Å². The van der Waals surface area contributed by atoms with E-state index in [-0.39, 0.29) is 5.82 Å². The van der Waals surface area contributed by atoms with E-state index < -0.39 is 0 Å². The van der Waals surface area contributed by atoms with Gasteiger partial charge in [0.05, 0.1) is 0 Å². The van der Waals surface area contributed by atoms with Crippen LogP contribution < -0.4 is 10.2 Å². The monoisotopic (exact) mass is 371 g/mol.